The number of hydrogen-bond acceptors (Lipinski definition) is 4. The summed E-state index contributed by atoms with van der Waals surface area (Å²) in [5.74, 6) is 2.75. The largest absolute Gasteiger partial charge is 0.465 e. The second-order valence-electron chi connectivity index (χ2n) is 6.91. The first kappa shape index (κ1) is 22.3. The molecule has 2 unspecified atom stereocenters. The van der Waals surface area contributed by atoms with Crippen molar-refractivity contribution in [2.45, 2.75) is 45.1 Å². The predicted molar refractivity (Wildman–Crippen MR) is 105 cm³/mol. The van der Waals surface area contributed by atoms with Crippen molar-refractivity contribution in [3.63, 3.8) is 0 Å². The molecule has 0 radical (unpaired) electrons. The van der Waals surface area contributed by atoms with Gasteiger partial charge in [-0.3, -0.25) is 9.69 Å². The maximum absolute atomic E-state index is 12.2. The van der Waals surface area contributed by atoms with Crippen LogP contribution in [0.4, 0.5) is 0 Å². The SMILES string of the molecule is Cc1ccc(C(CNC(=O)CCC2CCNC2)N2CCCC2)o1.Cl.Cl. The lowest BCUT2D eigenvalue weighted by Gasteiger charge is -2.26. The summed E-state index contributed by atoms with van der Waals surface area (Å²) in [4.78, 5) is 14.6. The van der Waals surface area contributed by atoms with Gasteiger partial charge in [0.15, 0.2) is 0 Å². The first-order valence-electron chi connectivity index (χ1n) is 9.00. The number of hydrogen-bond donors (Lipinski definition) is 2. The van der Waals surface area contributed by atoms with Gasteiger partial charge in [-0.1, -0.05) is 0 Å². The molecule has 2 aliphatic rings. The minimum Gasteiger partial charge on any atom is -0.465 e. The summed E-state index contributed by atoms with van der Waals surface area (Å²) >= 11 is 0. The molecule has 2 fully saturated rings. The molecule has 25 heavy (non-hydrogen) atoms. The minimum atomic E-state index is 0. The fourth-order valence-electron chi connectivity index (χ4n) is 3.69. The molecule has 0 aromatic carbocycles. The minimum absolute atomic E-state index is 0. The first-order chi connectivity index (χ1) is 11.2. The third-order valence-corrected chi connectivity index (χ3v) is 5.11. The Morgan fingerprint density at radius 1 is 1.36 bits per heavy atom. The maximum Gasteiger partial charge on any atom is 0.220 e. The number of halogens is 2. The Balaban J connectivity index is 0.00000156. The van der Waals surface area contributed by atoms with E-state index in [0.29, 0.717) is 18.9 Å². The number of carbonyl (C=O) groups excluding carboxylic acids is 1. The van der Waals surface area contributed by atoms with Gasteiger partial charge in [-0.15, -0.1) is 24.8 Å². The van der Waals surface area contributed by atoms with E-state index in [0.717, 1.165) is 44.1 Å². The van der Waals surface area contributed by atoms with Crippen LogP contribution in [-0.4, -0.2) is 43.5 Å². The van der Waals surface area contributed by atoms with Crippen LogP contribution in [0.5, 0.6) is 0 Å². The summed E-state index contributed by atoms with van der Waals surface area (Å²) in [5.41, 5.74) is 0. The average molecular weight is 392 g/mol. The Kier molecular flexibility index (Phi) is 9.87. The second kappa shape index (κ2) is 11.1. The van der Waals surface area contributed by atoms with Crippen molar-refractivity contribution in [2.75, 3.05) is 32.7 Å². The van der Waals surface area contributed by atoms with Gasteiger partial charge in [0.25, 0.3) is 0 Å². The Morgan fingerprint density at radius 3 is 2.72 bits per heavy atom. The third kappa shape index (κ3) is 6.48. The number of rotatable bonds is 7. The molecule has 3 rings (SSSR count). The van der Waals surface area contributed by atoms with Gasteiger partial charge in [-0.2, -0.15) is 0 Å². The Hall–Kier alpha value is -0.750. The highest BCUT2D eigenvalue weighted by Gasteiger charge is 2.26. The van der Waals surface area contributed by atoms with Crippen LogP contribution in [-0.2, 0) is 4.79 Å². The van der Waals surface area contributed by atoms with Crippen molar-refractivity contribution in [1.82, 2.24) is 15.5 Å². The molecule has 1 aromatic heterocycles. The van der Waals surface area contributed by atoms with E-state index in [9.17, 15) is 4.79 Å². The predicted octanol–water partition coefficient (Wildman–Crippen LogP) is 3.07. The van der Waals surface area contributed by atoms with Gasteiger partial charge in [-0.05, 0) is 76.8 Å². The zero-order valence-corrected chi connectivity index (χ0v) is 16.6. The number of aryl methyl sites for hydroxylation is 1. The molecule has 0 spiro atoms. The van der Waals surface area contributed by atoms with Crippen molar-refractivity contribution < 1.29 is 9.21 Å². The van der Waals surface area contributed by atoms with Crippen LogP contribution in [0.3, 0.4) is 0 Å². The van der Waals surface area contributed by atoms with Crippen LogP contribution in [0, 0.1) is 12.8 Å². The fourth-order valence-corrected chi connectivity index (χ4v) is 3.69. The van der Waals surface area contributed by atoms with Gasteiger partial charge in [0.05, 0.1) is 6.04 Å². The lowest BCUT2D eigenvalue weighted by Crippen LogP contribution is -2.36. The van der Waals surface area contributed by atoms with Crippen molar-refractivity contribution >= 4 is 30.7 Å². The van der Waals surface area contributed by atoms with Gasteiger partial charge >= 0.3 is 0 Å². The maximum atomic E-state index is 12.2. The highest BCUT2D eigenvalue weighted by molar-refractivity contribution is 5.85. The van der Waals surface area contributed by atoms with E-state index in [1.807, 2.05) is 13.0 Å². The number of furan rings is 1. The molecule has 144 valence electrons. The number of carbonyl (C=O) groups is 1. The Labute approximate surface area is 163 Å². The standard InChI is InChI=1S/C18H29N3O2.2ClH/c1-14-4-6-17(23-14)16(21-10-2-3-11-21)13-20-18(22)7-5-15-8-9-19-12-15;;/h4,6,15-16,19H,2-3,5,7-13H2,1H3,(H,20,22);2*1H. The monoisotopic (exact) mass is 391 g/mol. The molecule has 0 bridgehead atoms. The summed E-state index contributed by atoms with van der Waals surface area (Å²) in [7, 11) is 0. The van der Waals surface area contributed by atoms with E-state index >= 15 is 0 Å². The van der Waals surface area contributed by atoms with E-state index in [1.165, 1.54) is 19.3 Å². The molecule has 7 heteroatoms. The molecule has 2 saturated heterocycles. The Morgan fingerprint density at radius 2 is 2.12 bits per heavy atom. The van der Waals surface area contributed by atoms with Crippen LogP contribution in [0.2, 0.25) is 0 Å². The molecule has 5 nitrogen and oxygen atoms in total. The average Bonchev–Trinajstić information content (AvgIpc) is 3.28. The first-order valence-corrected chi connectivity index (χ1v) is 9.00. The van der Waals surface area contributed by atoms with Crippen LogP contribution in [0.1, 0.15) is 49.7 Å². The van der Waals surface area contributed by atoms with Crippen LogP contribution >= 0.6 is 24.8 Å². The zero-order chi connectivity index (χ0) is 16.1. The number of amides is 1. The quantitative estimate of drug-likeness (QED) is 0.749. The van der Waals surface area contributed by atoms with Gasteiger partial charge < -0.3 is 15.1 Å². The second-order valence-corrected chi connectivity index (χ2v) is 6.91. The van der Waals surface area contributed by atoms with Gasteiger partial charge in [0.2, 0.25) is 5.91 Å². The van der Waals surface area contributed by atoms with Gasteiger partial charge in [0.1, 0.15) is 11.5 Å². The van der Waals surface area contributed by atoms with Crippen LogP contribution in [0.15, 0.2) is 16.5 Å². The number of nitrogens with zero attached hydrogens (tertiary/aromatic N) is 1. The summed E-state index contributed by atoms with van der Waals surface area (Å²) < 4.78 is 5.83. The highest BCUT2D eigenvalue weighted by Crippen LogP contribution is 2.26. The van der Waals surface area contributed by atoms with E-state index < -0.39 is 0 Å². The molecular formula is C18H31Cl2N3O2. The van der Waals surface area contributed by atoms with E-state index in [-0.39, 0.29) is 36.8 Å². The van der Waals surface area contributed by atoms with E-state index in [4.69, 9.17) is 4.42 Å². The lowest BCUT2D eigenvalue weighted by molar-refractivity contribution is -0.121. The molecule has 2 aliphatic heterocycles. The zero-order valence-electron chi connectivity index (χ0n) is 15.0. The molecule has 0 aliphatic carbocycles. The van der Waals surface area contributed by atoms with Gasteiger partial charge in [-0.25, -0.2) is 0 Å². The number of likely N-dealkylation sites (tertiary alicyclic amines) is 1. The smallest absolute Gasteiger partial charge is 0.220 e. The molecule has 3 heterocycles. The van der Waals surface area contributed by atoms with Crippen molar-refractivity contribution in [2.24, 2.45) is 5.92 Å². The van der Waals surface area contributed by atoms with Gasteiger partial charge in [0, 0.05) is 13.0 Å². The van der Waals surface area contributed by atoms with E-state index in [2.05, 4.69) is 21.6 Å². The summed E-state index contributed by atoms with van der Waals surface area (Å²) in [5, 5.41) is 6.49. The van der Waals surface area contributed by atoms with Crippen molar-refractivity contribution in [3.8, 4) is 0 Å². The summed E-state index contributed by atoms with van der Waals surface area (Å²) in [6.07, 6.45) is 5.30. The number of nitrogens with one attached hydrogen (secondary N) is 2. The molecule has 1 aromatic rings. The Bertz CT molecular complexity index is 512. The lowest BCUT2D eigenvalue weighted by atomic mass is 10.0. The van der Waals surface area contributed by atoms with Crippen LogP contribution in [0.25, 0.3) is 0 Å². The normalized spacial score (nSPS) is 21.4. The molecule has 1 amide bonds. The highest BCUT2D eigenvalue weighted by atomic mass is 35.5. The summed E-state index contributed by atoms with van der Waals surface area (Å²) in [6, 6.07) is 4.23. The third-order valence-electron chi connectivity index (χ3n) is 5.11. The molecule has 2 N–H and O–H groups in total. The fraction of sp³-hybridized carbons (Fsp3) is 0.722. The molecule has 0 saturated carbocycles. The van der Waals surface area contributed by atoms with Crippen molar-refractivity contribution in [3.05, 3.63) is 23.7 Å². The molecular weight excluding hydrogens is 361 g/mol. The van der Waals surface area contributed by atoms with E-state index in [1.54, 1.807) is 0 Å². The van der Waals surface area contributed by atoms with Crippen LogP contribution < -0.4 is 10.6 Å². The summed E-state index contributed by atoms with van der Waals surface area (Å²) in [6.45, 7) is 6.96. The molecule has 2 atom stereocenters. The topological polar surface area (TPSA) is 57.5 Å². The van der Waals surface area contributed by atoms with Crippen molar-refractivity contribution in [1.29, 1.82) is 0 Å².